The molecule has 0 heterocycles. The molecule has 0 aliphatic carbocycles. The van der Waals surface area contributed by atoms with E-state index >= 15 is 0 Å². The van der Waals surface area contributed by atoms with Crippen LogP contribution in [0, 0.1) is 0 Å². The Morgan fingerprint density at radius 2 is 1.35 bits per heavy atom. The van der Waals surface area contributed by atoms with Crippen molar-refractivity contribution in [3.63, 3.8) is 0 Å². The number of aliphatic imine (C=N–C) groups is 1. The fourth-order valence-electron chi connectivity index (χ4n) is 2.85. The molecule has 0 spiro atoms. The SMILES string of the molecule is C=CC[C@@H](N=C(c1ccccc1)c1ccccc1)c1cc(Br)cc(Br)c1. The Balaban J connectivity index is 2.13. The van der Waals surface area contributed by atoms with Crippen LogP contribution < -0.4 is 0 Å². The summed E-state index contributed by atoms with van der Waals surface area (Å²) >= 11 is 7.17. The Labute approximate surface area is 171 Å². The third-order valence-corrected chi connectivity index (χ3v) is 4.95. The Bertz CT molecular complexity index is 840. The fourth-order valence-corrected chi connectivity index (χ4v) is 4.18. The Morgan fingerprint density at radius 3 is 1.81 bits per heavy atom. The zero-order chi connectivity index (χ0) is 18.4. The molecule has 26 heavy (non-hydrogen) atoms. The molecule has 0 saturated heterocycles. The monoisotopic (exact) mass is 467 g/mol. The van der Waals surface area contributed by atoms with Crippen molar-refractivity contribution < 1.29 is 0 Å². The van der Waals surface area contributed by atoms with Gasteiger partial charge in [0.15, 0.2) is 0 Å². The van der Waals surface area contributed by atoms with Gasteiger partial charge in [0, 0.05) is 20.1 Å². The molecule has 0 aromatic heterocycles. The highest BCUT2D eigenvalue weighted by molar-refractivity contribution is 9.11. The van der Waals surface area contributed by atoms with Crippen molar-refractivity contribution in [2.75, 3.05) is 0 Å². The van der Waals surface area contributed by atoms with Crippen molar-refractivity contribution in [2.45, 2.75) is 12.5 Å². The van der Waals surface area contributed by atoms with Gasteiger partial charge in [-0.3, -0.25) is 4.99 Å². The highest BCUT2D eigenvalue weighted by Crippen LogP contribution is 2.30. The molecule has 3 aromatic carbocycles. The molecule has 0 amide bonds. The Kier molecular flexibility index (Phi) is 6.59. The first-order valence-corrected chi connectivity index (χ1v) is 10.0. The molecule has 3 heteroatoms. The van der Waals surface area contributed by atoms with E-state index in [-0.39, 0.29) is 6.04 Å². The van der Waals surface area contributed by atoms with E-state index in [4.69, 9.17) is 4.99 Å². The van der Waals surface area contributed by atoms with Crippen LogP contribution in [0.25, 0.3) is 0 Å². The maximum Gasteiger partial charge on any atom is 0.0791 e. The van der Waals surface area contributed by atoms with Crippen molar-refractivity contribution in [3.05, 3.63) is 117 Å². The highest BCUT2D eigenvalue weighted by atomic mass is 79.9. The number of hydrogen-bond donors (Lipinski definition) is 0. The van der Waals surface area contributed by atoms with E-state index in [1.54, 1.807) is 0 Å². The number of hydrogen-bond acceptors (Lipinski definition) is 1. The first kappa shape index (κ1) is 18.8. The molecule has 0 aliphatic rings. The van der Waals surface area contributed by atoms with Crippen LogP contribution in [0.3, 0.4) is 0 Å². The minimum Gasteiger partial charge on any atom is -0.276 e. The second-order valence-electron chi connectivity index (χ2n) is 5.95. The van der Waals surface area contributed by atoms with Crippen molar-refractivity contribution in [3.8, 4) is 0 Å². The van der Waals surface area contributed by atoms with Gasteiger partial charge in [-0.25, -0.2) is 0 Å². The van der Waals surface area contributed by atoms with Gasteiger partial charge in [-0.2, -0.15) is 0 Å². The highest BCUT2D eigenvalue weighted by Gasteiger charge is 2.14. The predicted octanol–water partition coefficient (Wildman–Crippen LogP) is 7.37. The van der Waals surface area contributed by atoms with E-state index in [1.165, 1.54) is 0 Å². The number of nitrogens with zero attached hydrogens (tertiary/aromatic N) is 1. The Morgan fingerprint density at radius 1 is 0.846 bits per heavy atom. The maximum atomic E-state index is 5.16. The van der Waals surface area contributed by atoms with Gasteiger partial charge in [0.05, 0.1) is 11.8 Å². The van der Waals surface area contributed by atoms with E-state index in [0.717, 1.165) is 37.8 Å². The van der Waals surface area contributed by atoms with Crippen molar-refractivity contribution >= 4 is 37.6 Å². The third-order valence-electron chi connectivity index (χ3n) is 4.04. The van der Waals surface area contributed by atoms with Gasteiger partial charge in [-0.05, 0) is 30.2 Å². The van der Waals surface area contributed by atoms with E-state index in [2.05, 4.69) is 74.8 Å². The molecule has 3 rings (SSSR count). The summed E-state index contributed by atoms with van der Waals surface area (Å²) in [6.45, 7) is 3.93. The lowest BCUT2D eigenvalue weighted by atomic mass is 9.99. The van der Waals surface area contributed by atoms with Crippen molar-refractivity contribution in [2.24, 2.45) is 4.99 Å². The van der Waals surface area contributed by atoms with Crippen molar-refractivity contribution in [1.29, 1.82) is 0 Å². The van der Waals surface area contributed by atoms with Crippen LogP contribution in [0.15, 0.2) is 105 Å². The molecule has 0 saturated carbocycles. The second kappa shape index (κ2) is 9.11. The summed E-state index contributed by atoms with van der Waals surface area (Å²) < 4.78 is 2.07. The molecular formula is C23H19Br2N. The number of halogens is 2. The largest absolute Gasteiger partial charge is 0.276 e. The van der Waals surface area contributed by atoms with Gasteiger partial charge in [-0.1, -0.05) is 98.6 Å². The first-order valence-electron chi connectivity index (χ1n) is 8.43. The zero-order valence-electron chi connectivity index (χ0n) is 14.3. The summed E-state index contributed by atoms with van der Waals surface area (Å²) in [6.07, 6.45) is 2.70. The lowest BCUT2D eigenvalue weighted by molar-refractivity contribution is 0.744. The first-order chi connectivity index (χ1) is 12.7. The summed E-state index contributed by atoms with van der Waals surface area (Å²) in [7, 11) is 0. The topological polar surface area (TPSA) is 12.4 Å². The van der Waals surface area contributed by atoms with Gasteiger partial charge in [0.2, 0.25) is 0 Å². The van der Waals surface area contributed by atoms with Gasteiger partial charge in [0.25, 0.3) is 0 Å². The normalized spacial score (nSPS) is 11.6. The minimum atomic E-state index is -0.00304. The average molecular weight is 469 g/mol. The zero-order valence-corrected chi connectivity index (χ0v) is 17.4. The molecule has 3 aromatic rings. The lowest BCUT2D eigenvalue weighted by Crippen LogP contribution is -2.07. The van der Waals surface area contributed by atoms with E-state index in [9.17, 15) is 0 Å². The van der Waals surface area contributed by atoms with Crippen LogP contribution >= 0.6 is 31.9 Å². The van der Waals surface area contributed by atoms with Crippen LogP contribution in [-0.4, -0.2) is 5.71 Å². The average Bonchev–Trinajstić information content (AvgIpc) is 2.66. The smallest absolute Gasteiger partial charge is 0.0791 e. The summed E-state index contributed by atoms with van der Waals surface area (Å²) in [5.74, 6) is 0. The molecule has 1 atom stereocenters. The second-order valence-corrected chi connectivity index (χ2v) is 7.78. The molecule has 0 N–H and O–H groups in total. The molecular weight excluding hydrogens is 450 g/mol. The standard InChI is InChI=1S/C23H19Br2N/c1-2-9-22(19-14-20(24)16-21(25)15-19)26-23(17-10-5-3-6-11-17)18-12-7-4-8-13-18/h2-8,10-16,22H,1,9H2/t22-/m1/s1. The molecule has 0 aliphatic heterocycles. The van der Waals surface area contributed by atoms with E-state index in [1.807, 2.05) is 48.5 Å². The fraction of sp³-hybridized carbons (Fsp3) is 0.0870. The molecule has 130 valence electrons. The summed E-state index contributed by atoms with van der Waals surface area (Å²) in [5, 5.41) is 0. The van der Waals surface area contributed by atoms with Crippen molar-refractivity contribution in [1.82, 2.24) is 0 Å². The van der Waals surface area contributed by atoms with E-state index in [0.29, 0.717) is 0 Å². The van der Waals surface area contributed by atoms with Gasteiger partial charge >= 0.3 is 0 Å². The van der Waals surface area contributed by atoms with Crippen LogP contribution in [0.5, 0.6) is 0 Å². The summed E-state index contributed by atoms with van der Waals surface area (Å²) in [5.41, 5.74) is 4.37. The molecule has 0 radical (unpaired) electrons. The molecule has 0 bridgehead atoms. The molecule has 0 fully saturated rings. The van der Waals surface area contributed by atoms with Crippen LogP contribution in [0.2, 0.25) is 0 Å². The predicted molar refractivity (Wildman–Crippen MR) is 118 cm³/mol. The summed E-state index contributed by atoms with van der Waals surface area (Å²) in [4.78, 5) is 5.16. The summed E-state index contributed by atoms with van der Waals surface area (Å²) in [6, 6.07) is 26.9. The van der Waals surface area contributed by atoms with Gasteiger partial charge < -0.3 is 0 Å². The maximum absolute atomic E-state index is 5.16. The van der Waals surface area contributed by atoms with E-state index < -0.39 is 0 Å². The Hall–Kier alpha value is -1.97. The van der Waals surface area contributed by atoms with Gasteiger partial charge in [-0.15, -0.1) is 6.58 Å². The lowest BCUT2D eigenvalue weighted by Gasteiger charge is -2.16. The van der Waals surface area contributed by atoms with Crippen LogP contribution in [0.4, 0.5) is 0 Å². The van der Waals surface area contributed by atoms with Gasteiger partial charge in [0.1, 0.15) is 0 Å². The molecule has 1 nitrogen and oxygen atoms in total. The molecule has 0 unspecified atom stereocenters. The number of benzene rings is 3. The van der Waals surface area contributed by atoms with Crippen LogP contribution in [0.1, 0.15) is 29.2 Å². The number of rotatable bonds is 6. The minimum absolute atomic E-state index is 0.00304. The quantitative estimate of drug-likeness (QED) is 0.264. The van der Waals surface area contributed by atoms with Crippen LogP contribution in [-0.2, 0) is 0 Å². The third kappa shape index (κ3) is 4.80.